The zero-order valence-electron chi connectivity index (χ0n) is 18.6. The summed E-state index contributed by atoms with van der Waals surface area (Å²) in [7, 11) is 0. The molecule has 2 amide bonds. The number of carbonyl (C=O) groups excluding carboxylic acids is 2. The van der Waals surface area contributed by atoms with Crippen LogP contribution in [0.25, 0.3) is 0 Å². The van der Waals surface area contributed by atoms with Crippen molar-refractivity contribution in [3.8, 4) is 0 Å². The van der Waals surface area contributed by atoms with Gasteiger partial charge in [-0.15, -0.1) is 0 Å². The molecule has 0 aromatic carbocycles. The minimum Gasteiger partial charge on any atom is -0.353 e. The molecule has 1 unspecified atom stereocenters. The molecule has 3 aliphatic rings. The van der Waals surface area contributed by atoms with E-state index in [1.54, 1.807) is 12.3 Å². The number of carbonyl (C=O) groups is 2. The predicted molar refractivity (Wildman–Crippen MR) is 123 cm³/mol. The third-order valence-corrected chi connectivity index (χ3v) is 7.14. The molecule has 4 heterocycles. The van der Waals surface area contributed by atoms with Crippen LogP contribution in [0.15, 0.2) is 12.3 Å². The smallest absolute Gasteiger partial charge is 0.255 e. The molecule has 0 spiro atoms. The standard InChI is InChI=1S/C23H34ClN5O2/c1-18-7-3-6-10-29(18)21(30)17-26-11-13-27(14-12-26)22-20(24)15-19(16-25-22)23(31)28-8-4-2-5-9-28/h15-16,18H,2-14,17H2,1H3. The number of aromatic nitrogens is 1. The van der Waals surface area contributed by atoms with Gasteiger partial charge in [0.05, 0.1) is 17.1 Å². The van der Waals surface area contributed by atoms with Crippen molar-refractivity contribution in [1.82, 2.24) is 19.7 Å². The van der Waals surface area contributed by atoms with Gasteiger partial charge >= 0.3 is 0 Å². The molecule has 31 heavy (non-hydrogen) atoms. The lowest BCUT2D eigenvalue weighted by Gasteiger charge is -2.38. The number of pyridine rings is 1. The van der Waals surface area contributed by atoms with Crippen molar-refractivity contribution in [3.05, 3.63) is 22.8 Å². The predicted octanol–water partition coefficient (Wildman–Crippen LogP) is 2.88. The first-order valence-corrected chi connectivity index (χ1v) is 12.1. The SMILES string of the molecule is CC1CCCCN1C(=O)CN1CCN(c2ncc(C(=O)N3CCCCC3)cc2Cl)CC1. The van der Waals surface area contributed by atoms with Gasteiger partial charge in [0.1, 0.15) is 5.82 Å². The fraction of sp³-hybridized carbons (Fsp3) is 0.696. The van der Waals surface area contributed by atoms with Crippen LogP contribution in [-0.4, -0.2) is 89.9 Å². The highest BCUT2D eigenvalue weighted by molar-refractivity contribution is 6.33. The van der Waals surface area contributed by atoms with Gasteiger partial charge in [-0.3, -0.25) is 14.5 Å². The summed E-state index contributed by atoms with van der Waals surface area (Å²) in [5.41, 5.74) is 0.565. The highest BCUT2D eigenvalue weighted by Crippen LogP contribution is 2.26. The molecule has 0 N–H and O–H groups in total. The maximum atomic E-state index is 12.7. The molecule has 3 aliphatic heterocycles. The van der Waals surface area contributed by atoms with Crippen molar-refractivity contribution in [3.63, 3.8) is 0 Å². The largest absolute Gasteiger partial charge is 0.353 e. The average Bonchev–Trinajstić information content (AvgIpc) is 2.80. The molecule has 0 radical (unpaired) electrons. The molecule has 1 aromatic rings. The first-order chi connectivity index (χ1) is 15.0. The van der Waals surface area contributed by atoms with Gasteiger partial charge in [0.15, 0.2) is 0 Å². The summed E-state index contributed by atoms with van der Waals surface area (Å²) in [4.78, 5) is 38.3. The second-order valence-corrected chi connectivity index (χ2v) is 9.48. The van der Waals surface area contributed by atoms with Gasteiger partial charge in [0, 0.05) is 58.1 Å². The van der Waals surface area contributed by atoms with E-state index in [0.717, 1.165) is 77.3 Å². The number of piperazine rings is 1. The molecule has 170 valence electrons. The Hall–Kier alpha value is -1.86. The minimum atomic E-state index is 0.0240. The second kappa shape index (κ2) is 10.2. The Balaban J connectivity index is 1.31. The van der Waals surface area contributed by atoms with Gasteiger partial charge in [-0.1, -0.05) is 11.6 Å². The number of hydrogen-bond donors (Lipinski definition) is 0. The van der Waals surface area contributed by atoms with Gasteiger partial charge < -0.3 is 14.7 Å². The summed E-state index contributed by atoms with van der Waals surface area (Å²) < 4.78 is 0. The molecule has 1 aromatic heterocycles. The zero-order valence-corrected chi connectivity index (χ0v) is 19.3. The number of amides is 2. The normalized spacial score (nSPS) is 23.2. The lowest BCUT2D eigenvalue weighted by Crippen LogP contribution is -2.52. The average molecular weight is 448 g/mol. The maximum absolute atomic E-state index is 12.7. The summed E-state index contributed by atoms with van der Waals surface area (Å²) in [6.07, 6.45) is 8.43. The maximum Gasteiger partial charge on any atom is 0.255 e. The van der Waals surface area contributed by atoms with Crippen LogP contribution >= 0.6 is 11.6 Å². The lowest BCUT2D eigenvalue weighted by molar-refractivity contribution is -0.135. The van der Waals surface area contributed by atoms with Crippen molar-refractivity contribution >= 4 is 29.2 Å². The molecule has 3 saturated heterocycles. The number of rotatable bonds is 4. The van der Waals surface area contributed by atoms with E-state index in [2.05, 4.69) is 21.7 Å². The van der Waals surface area contributed by atoms with Crippen LogP contribution in [0, 0.1) is 0 Å². The number of piperidine rings is 2. The Bertz CT molecular complexity index is 790. The van der Waals surface area contributed by atoms with Gasteiger partial charge in [0.25, 0.3) is 5.91 Å². The van der Waals surface area contributed by atoms with E-state index in [0.29, 0.717) is 23.2 Å². The summed E-state index contributed by atoms with van der Waals surface area (Å²) in [6.45, 7) is 8.32. The highest BCUT2D eigenvalue weighted by Gasteiger charge is 2.27. The molecule has 4 rings (SSSR count). The number of anilines is 1. The van der Waals surface area contributed by atoms with E-state index in [1.165, 1.54) is 12.8 Å². The van der Waals surface area contributed by atoms with Crippen LogP contribution in [-0.2, 0) is 4.79 Å². The van der Waals surface area contributed by atoms with Crippen molar-refractivity contribution in [2.75, 3.05) is 57.3 Å². The Morgan fingerprint density at radius 1 is 1.00 bits per heavy atom. The van der Waals surface area contributed by atoms with Crippen LogP contribution in [0.1, 0.15) is 55.8 Å². The molecule has 7 nitrogen and oxygen atoms in total. The molecule has 8 heteroatoms. The third kappa shape index (κ3) is 5.32. The first kappa shape index (κ1) is 22.3. The summed E-state index contributed by atoms with van der Waals surface area (Å²) >= 11 is 6.53. The van der Waals surface area contributed by atoms with Gasteiger partial charge in [-0.2, -0.15) is 0 Å². The molecular formula is C23H34ClN5O2. The monoisotopic (exact) mass is 447 g/mol. The Morgan fingerprint density at radius 3 is 2.39 bits per heavy atom. The Labute approximate surface area is 190 Å². The summed E-state index contributed by atoms with van der Waals surface area (Å²) in [6, 6.07) is 2.12. The summed E-state index contributed by atoms with van der Waals surface area (Å²) in [5, 5.41) is 0.523. The Kier molecular flexibility index (Phi) is 7.33. The molecule has 0 aliphatic carbocycles. The number of likely N-dealkylation sites (tertiary alicyclic amines) is 2. The van der Waals surface area contributed by atoms with E-state index in [1.807, 2.05) is 9.80 Å². The molecule has 1 atom stereocenters. The fourth-order valence-electron chi connectivity index (χ4n) is 4.93. The van der Waals surface area contributed by atoms with E-state index < -0.39 is 0 Å². The van der Waals surface area contributed by atoms with Gasteiger partial charge in [-0.05, 0) is 51.5 Å². The number of halogens is 1. The van der Waals surface area contributed by atoms with E-state index >= 15 is 0 Å². The third-order valence-electron chi connectivity index (χ3n) is 6.87. The van der Waals surface area contributed by atoms with Crippen molar-refractivity contribution in [2.24, 2.45) is 0 Å². The number of nitrogens with zero attached hydrogens (tertiary/aromatic N) is 5. The van der Waals surface area contributed by atoms with Crippen molar-refractivity contribution in [1.29, 1.82) is 0 Å². The van der Waals surface area contributed by atoms with Crippen LogP contribution in [0.3, 0.4) is 0 Å². The van der Waals surface area contributed by atoms with Crippen LogP contribution in [0.4, 0.5) is 5.82 Å². The van der Waals surface area contributed by atoms with Crippen LogP contribution < -0.4 is 4.90 Å². The van der Waals surface area contributed by atoms with E-state index in [9.17, 15) is 9.59 Å². The fourth-order valence-corrected chi connectivity index (χ4v) is 5.21. The van der Waals surface area contributed by atoms with Gasteiger partial charge in [-0.25, -0.2) is 4.98 Å². The zero-order chi connectivity index (χ0) is 21.8. The minimum absolute atomic E-state index is 0.0240. The molecule has 0 saturated carbocycles. The topological polar surface area (TPSA) is 60.0 Å². The van der Waals surface area contributed by atoms with Crippen LogP contribution in [0.2, 0.25) is 5.02 Å². The van der Waals surface area contributed by atoms with E-state index in [-0.39, 0.29) is 11.8 Å². The van der Waals surface area contributed by atoms with Gasteiger partial charge in [0.2, 0.25) is 5.91 Å². The molecule has 3 fully saturated rings. The second-order valence-electron chi connectivity index (χ2n) is 9.08. The van der Waals surface area contributed by atoms with Crippen LogP contribution in [0.5, 0.6) is 0 Å². The quantitative estimate of drug-likeness (QED) is 0.710. The van der Waals surface area contributed by atoms with Crippen molar-refractivity contribution < 1.29 is 9.59 Å². The Morgan fingerprint density at radius 2 is 1.71 bits per heavy atom. The summed E-state index contributed by atoms with van der Waals surface area (Å²) in [5.74, 6) is 1.00. The van der Waals surface area contributed by atoms with Crippen molar-refractivity contribution in [2.45, 2.75) is 51.5 Å². The van der Waals surface area contributed by atoms with E-state index in [4.69, 9.17) is 11.6 Å². The molecular weight excluding hydrogens is 414 g/mol. The number of hydrogen-bond acceptors (Lipinski definition) is 5. The lowest BCUT2D eigenvalue weighted by atomic mass is 10.0. The first-order valence-electron chi connectivity index (χ1n) is 11.7. The molecule has 0 bridgehead atoms. The highest BCUT2D eigenvalue weighted by atomic mass is 35.5.